The number of benzene rings is 1. The molecule has 2 aliphatic rings. The number of ether oxygens (including phenoxy) is 1. The molecule has 1 aliphatic heterocycles. The fourth-order valence-electron chi connectivity index (χ4n) is 3.90. The molecule has 0 radical (unpaired) electrons. The summed E-state index contributed by atoms with van der Waals surface area (Å²) in [5, 5.41) is 6.37. The zero-order valence-corrected chi connectivity index (χ0v) is 16.9. The monoisotopic (exact) mass is 395 g/mol. The summed E-state index contributed by atoms with van der Waals surface area (Å²) >= 11 is 0. The number of anilines is 1. The molecule has 1 atom stereocenters. The van der Waals surface area contributed by atoms with E-state index in [0.29, 0.717) is 18.8 Å². The SMILES string of the molecule is CCN(CC)C(=O)COc1cccc(NC(=O)C2CC23CCNCC3)c1.Cl. The van der Waals surface area contributed by atoms with Crippen molar-refractivity contribution >= 4 is 29.9 Å². The Morgan fingerprint density at radius 2 is 1.96 bits per heavy atom. The lowest BCUT2D eigenvalue weighted by atomic mass is 9.92. The van der Waals surface area contributed by atoms with Gasteiger partial charge in [-0.1, -0.05) is 6.07 Å². The lowest BCUT2D eigenvalue weighted by Gasteiger charge is -2.23. The van der Waals surface area contributed by atoms with Gasteiger partial charge in [0.05, 0.1) is 0 Å². The summed E-state index contributed by atoms with van der Waals surface area (Å²) in [6.07, 6.45) is 3.17. The van der Waals surface area contributed by atoms with Gasteiger partial charge in [0.25, 0.3) is 5.91 Å². The lowest BCUT2D eigenvalue weighted by Crippen LogP contribution is -2.34. The smallest absolute Gasteiger partial charge is 0.260 e. The van der Waals surface area contributed by atoms with Gasteiger partial charge in [0.1, 0.15) is 5.75 Å². The maximum Gasteiger partial charge on any atom is 0.260 e. The minimum absolute atomic E-state index is 0. The van der Waals surface area contributed by atoms with Crippen molar-refractivity contribution in [2.24, 2.45) is 11.3 Å². The van der Waals surface area contributed by atoms with Crippen molar-refractivity contribution < 1.29 is 14.3 Å². The Morgan fingerprint density at radius 1 is 1.26 bits per heavy atom. The average Bonchev–Trinajstić information content (AvgIpc) is 3.35. The molecule has 2 amide bonds. The van der Waals surface area contributed by atoms with Gasteiger partial charge in [0.2, 0.25) is 5.91 Å². The summed E-state index contributed by atoms with van der Waals surface area (Å²) < 4.78 is 5.61. The first-order valence-corrected chi connectivity index (χ1v) is 9.60. The van der Waals surface area contributed by atoms with Crippen LogP contribution < -0.4 is 15.4 Å². The molecule has 2 N–H and O–H groups in total. The summed E-state index contributed by atoms with van der Waals surface area (Å²) in [4.78, 5) is 26.3. The van der Waals surface area contributed by atoms with Gasteiger partial charge in [-0.2, -0.15) is 0 Å². The Kier molecular flexibility index (Phi) is 7.50. The second kappa shape index (κ2) is 9.42. The highest BCUT2D eigenvalue weighted by molar-refractivity contribution is 5.95. The Balaban J connectivity index is 0.00000261. The third-order valence-electron chi connectivity index (χ3n) is 5.69. The molecule has 1 saturated heterocycles. The number of carbonyl (C=O) groups excluding carboxylic acids is 2. The number of hydrogen-bond acceptors (Lipinski definition) is 4. The van der Waals surface area contributed by atoms with E-state index in [-0.39, 0.29) is 42.2 Å². The second-order valence-electron chi connectivity index (χ2n) is 7.24. The number of halogens is 1. The lowest BCUT2D eigenvalue weighted by molar-refractivity contribution is -0.133. The number of nitrogens with zero attached hydrogens (tertiary/aromatic N) is 1. The zero-order valence-electron chi connectivity index (χ0n) is 16.1. The number of likely N-dealkylation sites (N-methyl/N-ethyl adjacent to an activating group) is 1. The maximum absolute atomic E-state index is 12.6. The van der Waals surface area contributed by atoms with Crippen molar-refractivity contribution in [3.8, 4) is 5.75 Å². The number of carbonyl (C=O) groups is 2. The predicted octanol–water partition coefficient (Wildman–Crippen LogP) is 2.68. The minimum atomic E-state index is -0.0322. The van der Waals surface area contributed by atoms with E-state index < -0.39 is 0 Å². The highest BCUT2D eigenvalue weighted by Crippen LogP contribution is 2.58. The molecule has 7 heteroatoms. The van der Waals surface area contributed by atoms with Crippen LogP contribution in [-0.4, -0.2) is 49.5 Å². The van der Waals surface area contributed by atoms with E-state index in [1.165, 1.54) is 0 Å². The molecule has 1 saturated carbocycles. The Morgan fingerprint density at radius 3 is 2.63 bits per heavy atom. The molecular formula is C20H30ClN3O3. The number of amides is 2. The van der Waals surface area contributed by atoms with Gasteiger partial charge in [-0.3, -0.25) is 9.59 Å². The molecule has 1 aromatic carbocycles. The minimum Gasteiger partial charge on any atom is -0.484 e. The zero-order chi connectivity index (χ0) is 18.6. The first kappa shape index (κ1) is 21.5. The Bertz CT molecular complexity index is 658. The molecule has 6 nitrogen and oxygen atoms in total. The standard InChI is InChI=1S/C20H29N3O3.ClH/c1-3-23(4-2)18(24)14-26-16-7-5-6-15(12-16)22-19(25)17-13-20(17)8-10-21-11-9-20;/h5-7,12,17,21H,3-4,8-11,13-14H2,1-2H3,(H,22,25);1H. The third-order valence-corrected chi connectivity index (χ3v) is 5.69. The van der Waals surface area contributed by atoms with E-state index in [0.717, 1.165) is 38.0 Å². The van der Waals surface area contributed by atoms with E-state index in [4.69, 9.17) is 4.74 Å². The van der Waals surface area contributed by atoms with Crippen LogP contribution in [0.5, 0.6) is 5.75 Å². The van der Waals surface area contributed by atoms with Gasteiger partial charge in [-0.05, 0) is 63.7 Å². The predicted molar refractivity (Wildman–Crippen MR) is 108 cm³/mol. The van der Waals surface area contributed by atoms with Crippen molar-refractivity contribution in [2.45, 2.75) is 33.1 Å². The quantitative estimate of drug-likeness (QED) is 0.744. The highest BCUT2D eigenvalue weighted by Gasteiger charge is 2.57. The van der Waals surface area contributed by atoms with Crippen molar-refractivity contribution in [3.05, 3.63) is 24.3 Å². The molecule has 2 fully saturated rings. The highest BCUT2D eigenvalue weighted by atomic mass is 35.5. The van der Waals surface area contributed by atoms with Crippen molar-refractivity contribution in [2.75, 3.05) is 38.1 Å². The summed E-state index contributed by atoms with van der Waals surface area (Å²) in [5.74, 6) is 0.785. The van der Waals surface area contributed by atoms with Crippen LogP contribution in [0.2, 0.25) is 0 Å². The van der Waals surface area contributed by atoms with Gasteiger partial charge in [0.15, 0.2) is 6.61 Å². The van der Waals surface area contributed by atoms with E-state index >= 15 is 0 Å². The maximum atomic E-state index is 12.6. The van der Waals surface area contributed by atoms with Crippen LogP contribution in [0.25, 0.3) is 0 Å². The van der Waals surface area contributed by atoms with Crippen LogP contribution >= 0.6 is 12.4 Å². The summed E-state index contributed by atoms with van der Waals surface area (Å²) in [7, 11) is 0. The van der Waals surface area contributed by atoms with E-state index in [1.54, 1.807) is 17.0 Å². The van der Waals surface area contributed by atoms with Gasteiger partial charge in [-0.25, -0.2) is 0 Å². The van der Waals surface area contributed by atoms with Crippen LogP contribution in [0.4, 0.5) is 5.69 Å². The molecule has 1 spiro atoms. The number of rotatable bonds is 7. The molecule has 3 rings (SSSR count). The molecule has 27 heavy (non-hydrogen) atoms. The average molecular weight is 396 g/mol. The van der Waals surface area contributed by atoms with Crippen molar-refractivity contribution in [3.63, 3.8) is 0 Å². The number of piperidine rings is 1. The summed E-state index contributed by atoms with van der Waals surface area (Å²) in [6.45, 7) is 7.27. The van der Waals surface area contributed by atoms with Crippen LogP contribution in [0.1, 0.15) is 33.1 Å². The van der Waals surface area contributed by atoms with E-state index in [2.05, 4.69) is 10.6 Å². The van der Waals surface area contributed by atoms with Gasteiger partial charge < -0.3 is 20.3 Å². The second-order valence-corrected chi connectivity index (χ2v) is 7.24. The third kappa shape index (κ3) is 5.14. The van der Waals surface area contributed by atoms with Crippen LogP contribution in [0, 0.1) is 11.3 Å². The van der Waals surface area contributed by atoms with Crippen LogP contribution in [0.3, 0.4) is 0 Å². The fraction of sp³-hybridized carbons (Fsp3) is 0.600. The summed E-state index contributed by atoms with van der Waals surface area (Å²) in [5.41, 5.74) is 0.943. The first-order valence-electron chi connectivity index (χ1n) is 9.60. The molecule has 1 unspecified atom stereocenters. The van der Waals surface area contributed by atoms with E-state index in [1.807, 2.05) is 26.0 Å². The fourth-order valence-corrected chi connectivity index (χ4v) is 3.90. The molecule has 1 aromatic rings. The number of nitrogens with one attached hydrogen (secondary N) is 2. The van der Waals surface area contributed by atoms with Crippen LogP contribution in [0.15, 0.2) is 24.3 Å². The van der Waals surface area contributed by atoms with Crippen molar-refractivity contribution in [1.29, 1.82) is 0 Å². The Labute approximate surface area is 167 Å². The largest absolute Gasteiger partial charge is 0.484 e. The van der Waals surface area contributed by atoms with Gasteiger partial charge >= 0.3 is 0 Å². The molecule has 0 aromatic heterocycles. The molecule has 1 heterocycles. The summed E-state index contributed by atoms with van der Waals surface area (Å²) in [6, 6.07) is 7.27. The van der Waals surface area contributed by atoms with Crippen LogP contribution in [-0.2, 0) is 9.59 Å². The van der Waals surface area contributed by atoms with E-state index in [9.17, 15) is 9.59 Å². The normalized spacial score (nSPS) is 19.7. The van der Waals surface area contributed by atoms with Gasteiger partial charge in [0, 0.05) is 30.8 Å². The molecule has 0 bridgehead atoms. The van der Waals surface area contributed by atoms with Gasteiger partial charge in [-0.15, -0.1) is 12.4 Å². The molecular weight excluding hydrogens is 366 g/mol. The molecule has 150 valence electrons. The topological polar surface area (TPSA) is 70.7 Å². The van der Waals surface area contributed by atoms with Crippen molar-refractivity contribution in [1.82, 2.24) is 10.2 Å². The molecule has 1 aliphatic carbocycles. The first-order chi connectivity index (χ1) is 12.6. The Hall–Kier alpha value is -1.79. The number of hydrogen-bond donors (Lipinski definition) is 2.